The van der Waals surface area contributed by atoms with Crippen molar-refractivity contribution in [1.29, 1.82) is 0 Å². The molecule has 1 nitrogen and oxygen atoms in total. The molecular weight excluding hydrogens is 287 g/mol. The Balaban J connectivity index is 1.87. The molecular formula is C18H10F3N. The van der Waals surface area contributed by atoms with Crippen molar-refractivity contribution >= 4 is 10.8 Å². The van der Waals surface area contributed by atoms with Gasteiger partial charge in [0.1, 0.15) is 0 Å². The lowest BCUT2D eigenvalue weighted by molar-refractivity contribution is -0.137. The van der Waals surface area contributed by atoms with Crippen LogP contribution in [0, 0.1) is 11.8 Å². The van der Waals surface area contributed by atoms with E-state index in [4.69, 9.17) is 0 Å². The maximum Gasteiger partial charge on any atom is 0.416 e. The zero-order valence-corrected chi connectivity index (χ0v) is 11.4. The monoisotopic (exact) mass is 297 g/mol. The largest absolute Gasteiger partial charge is 0.416 e. The summed E-state index contributed by atoms with van der Waals surface area (Å²) in [4.78, 5) is 4.05. The highest BCUT2D eigenvalue weighted by Gasteiger charge is 2.29. The number of rotatable bonds is 0. The summed E-state index contributed by atoms with van der Waals surface area (Å²) in [7, 11) is 0. The van der Waals surface area contributed by atoms with Crippen LogP contribution in [0.5, 0.6) is 0 Å². The maximum atomic E-state index is 12.5. The predicted octanol–water partition coefficient (Wildman–Crippen LogP) is 4.65. The van der Waals surface area contributed by atoms with Gasteiger partial charge < -0.3 is 0 Å². The molecule has 4 heteroatoms. The Hall–Kier alpha value is -2.80. The minimum atomic E-state index is -4.32. The van der Waals surface area contributed by atoms with Crippen LogP contribution in [0.2, 0.25) is 0 Å². The quantitative estimate of drug-likeness (QED) is 0.550. The molecule has 0 spiro atoms. The second-order valence-corrected chi connectivity index (χ2v) is 4.76. The van der Waals surface area contributed by atoms with Crippen molar-refractivity contribution in [1.82, 2.24) is 4.98 Å². The topological polar surface area (TPSA) is 12.9 Å². The van der Waals surface area contributed by atoms with Crippen molar-refractivity contribution in [3.8, 4) is 11.8 Å². The Kier molecular flexibility index (Phi) is 3.56. The van der Waals surface area contributed by atoms with Crippen LogP contribution in [0.4, 0.5) is 13.2 Å². The number of hydrogen-bond acceptors (Lipinski definition) is 1. The number of halogens is 3. The minimum absolute atomic E-state index is 0.541. The molecule has 3 rings (SSSR count). The molecule has 0 atom stereocenters. The lowest BCUT2D eigenvalue weighted by Gasteiger charge is -2.05. The third-order valence-corrected chi connectivity index (χ3v) is 3.20. The van der Waals surface area contributed by atoms with E-state index >= 15 is 0 Å². The molecule has 0 saturated heterocycles. The van der Waals surface area contributed by atoms with E-state index in [9.17, 15) is 13.2 Å². The molecule has 0 fully saturated rings. The molecule has 22 heavy (non-hydrogen) atoms. The maximum absolute atomic E-state index is 12.5. The van der Waals surface area contributed by atoms with E-state index in [1.165, 1.54) is 12.1 Å². The van der Waals surface area contributed by atoms with Crippen LogP contribution in [0.15, 0.2) is 60.9 Å². The van der Waals surface area contributed by atoms with Gasteiger partial charge in [0.05, 0.1) is 5.56 Å². The van der Waals surface area contributed by atoms with Gasteiger partial charge in [0.2, 0.25) is 0 Å². The Morgan fingerprint density at radius 2 is 1.45 bits per heavy atom. The van der Waals surface area contributed by atoms with Crippen LogP contribution in [0.25, 0.3) is 10.8 Å². The fraction of sp³-hybridized carbons (Fsp3) is 0.0556. The number of aromatic nitrogens is 1. The summed E-state index contributed by atoms with van der Waals surface area (Å²) >= 11 is 0. The number of fused-ring (bicyclic) bond motifs is 1. The minimum Gasteiger partial charge on any atom is -0.264 e. The molecule has 0 saturated carbocycles. The summed E-state index contributed by atoms with van der Waals surface area (Å²) in [6, 6.07) is 12.4. The van der Waals surface area contributed by atoms with Crippen LogP contribution >= 0.6 is 0 Å². The van der Waals surface area contributed by atoms with Gasteiger partial charge >= 0.3 is 6.18 Å². The summed E-state index contributed by atoms with van der Waals surface area (Å²) in [5.74, 6) is 5.82. The van der Waals surface area contributed by atoms with Gasteiger partial charge in [-0.1, -0.05) is 17.9 Å². The van der Waals surface area contributed by atoms with Gasteiger partial charge in [0.25, 0.3) is 0 Å². The summed E-state index contributed by atoms with van der Waals surface area (Å²) in [5.41, 5.74) is 0.662. The van der Waals surface area contributed by atoms with E-state index in [-0.39, 0.29) is 0 Å². The Morgan fingerprint density at radius 1 is 0.773 bits per heavy atom. The highest BCUT2D eigenvalue weighted by Crippen LogP contribution is 2.28. The van der Waals surface area contributed by atoms with Gasteiger partial charge in [-0.15, -0.1) is 0 Å². The molecule has 0 aliphatic carbocycles. The fourth-order valence-corrected chi connectivity index (χ4v) is 2.05. The molecule has 0 radical (unpaired) electrons. The Bertz CT molecular complexity index is 868. The second kappa shape index (κ2) is 5.53. The highest BCUT2D eigenvalue weighted by atomic mass is 19.4. The van der Waals surface area contributed by atoms with Gasteiger partial charge in [0.15, 0.2) is 0 Å². The summed E-state index contributed by atoms with van der Waals surface area (Å²) < 4.78 is 37.4. The summed E-state index contributed by atoms with van der Waals surface area (Å²) in [5, 5.41) is 2.04. The van der Waals surface area contributed by atoms with Gasteiger partial charge in [0, 0.05) is 28.9 Å². The van der Waals surface area contributed by atoms with Gasteiger partial charge in [-0.25, -0.2) is 0 Å². The number of hydrogen-bond donors (Lipinski definition) is 0. The number of pyridine rings is 1. The van der Waals surface area contributed by atoms with Crippen molar-refractivity contribution in [2.24, 2.45) is 0 Å². The molecule has 1 heterocycles. The molecule has 0 bridgehead atoms. The number of nitrogens with zero attached hydrogens (tertiary/aromatic N) is 1. The van der Waals surface area contributed by atoms with Crippen LogP contribution in [0.1, 0.15) is 16.7 Å². The number of alkyl halides is 3. The van der Waals surface area contributed by atoms with Crippen LogP contribution in [-0.2, 0) is 6.18 Å². The third-order valence-electron chi connectivity index (χ3n) is 3.20. The van der Waals surface area contributed by atoms with E-state index in [0.717, 1.165) is 28.5 Å². The molecule has 1 aromatic heterocycles. The lowest BCUT2D eigenvalue weighted by atomic mass is 10.1. The predicted molar refractivity (Wildman–Crippen MR) is 79.2 cm³/mol. The van der Waals surface area contributed by atoms with E-state index in [1.54, 1.807) is 12.4 Å². The highest BCUT2D eigenvalue weighted by molar-refractivity contribution is 5.82. The smallest absolute Gasteiger partial charge is 0.264 e. The van der Waals surface area contributed by atoms with Gasteiger partial charge in [-0.2, -0.15) is 13.2 Å². The molecule has 3 aromatic rings. The zero-order chi connectivity index (χ0) is 15.6. The first-order valence-electron chi connectivity index (χ1n) is 6.55. The van der Waals surface area contributed by atoms with Crippen molar-refractivity contribution in [2.45, 2.75) is 6.18 Å². The first-order valence-corrected chi connectivity index (χ1v) is 6.55. The molecule has 0 N–H and O–H groups in total. The van der Waals surface area contributed by atoms with Crippen LogP contribution in [0.3, 0.4) is 0 Å². The molecule has 0 amide bonds. The fourth-order valence-electron chi connectivity index (χ4n) is 2.05. The van der Waals surface area contributed by atoms with Crippen LogP contribution < -0.4 is 0 Å². The summed E-state index contributed by atoms with van der Waals surface area (Å²) in [6.07, 6.45) is -0.855. The molecule has 0 aliphatic rings. The van der Waals surface area contributed by atoms with E-state index in [2.05, 4.69) is 16.8 Å². The molecule has 2 aromatic carbocycles. The lowest BCUT2D eigenvalue weighted by Crippen LogP contribution is -2.04. The SMILES string of the molecule is FC(F)(F)c1ccc(C#Cc2ccc3ccncc3c2)cc1. The standard InChI is InChI=1S/C18H10F3N/c19-18(20,21)17-7-4-13(5-8-17)1-2-14-3-6-15-9-10-22-12-16(15)11-14/h3-12H. The first kappa shape index (κ1) is 14.2. The Labute approximate surface area is 125 Å². The average Bonchev–Trinajstić information content (AvgIpc) is 2.52. The average molecular weight is 297 g/mol. The van der Waals surface area contributed by atoms with Crippen molar-refractivity contribution < 1.29 is 13.2 Å². The van der Waals surface area contributed by atoms with Gasteiger partial charge in [-0.3, -0.25) is 4.98 Å². The van der Waals surface area contributed by atoms with Crippen molar-refractivity contribution in [3.63, 3.8) is 0 Å². The second-order valence-electron chi connectivity index (χ2n) is 4.76. The zero-order valence-electron chi connectivity index (χ0n) is 11.4. The third kappa shape index (κ3) is 3.09. The molecule has 108 valence electrons. The van der Waals surface area contributed by atoms with E-state index < -0.39 is 11.7 Å². The normalized spacial score (nSPS) is 11.0. The van der Waals surface area contributed by atoms with Crippen LogP contribution in [-0.4, -0.2) is 4.98 Å². The first-order chi connectivity index (χ1) is 10.5. The van der Waals surface area contributed by atoms with Crippen molar-refractivity contribution in [3.05, 3.63) is 77.6 Å². The molecule has 0 unspecified atom stereocenters. The Morgan fingerprint density at radius 3 is 2.18 bits per heavy atom. The molecule has 0 aliphatic heterocycles. The van der Waals surface area contributed by atoms with E-state index in [1.807, 2.05) is 24.3 Å². The summed E-state index contributed by atoms with van der Waals surface area (Å²) in [6.45, 7) is 0. The van der Waals surface area contributed by atoms with Gasteiger partial charge in [-0.05, 0) is 47.9 Å². The van der Waals surface area contributed by atoms with Crippen molar-refractivity contribution in [2.75, 3.05) is 0 Å². The number of benzene rings is 2. The van der Waals surface area contributed by atoms with E-state index in [0.29, 0.717) is 5.56 Å².